The third kappa shape index (κ3) is 13.7. The second-order valence-electron chi connectivity index (χ2n) is 14.6. The summed E-state index contributed by atoms with van der Waals surface area (Å²) in [7, 11) is 0. The number of halogens is 3. The lowest BCUT2D eigenvalue weighted by atomic mass is 10.0. The number of nitrogens with one attached hydrogen (secondary N) is 3. The van der Waals surface area contributed by atoms with Crippen LogP contribution >= 0.6 is 57.5 Å². The number of thiazole rings is 2. The highest BCUT2D eigenvalue weighted by Crippen LogP contribution is 2.29. The van der Waals surface area contributed by atoms with Gasteiger partial charge < -0.3 is 20.9 Å². The number of aryl methyl sites for hydroxylation is 4. The van der Waals surface area contributed by atoms with Crippen LogP contribution in [0.4, 0.5) is 27.7 Å². The number of hydrogen-bond donors (Lipinski definition) is 3. The lowest BCUT2D eigenvalue weighted by Crippen LogP contribution is -2.30. The number of nitrogens with zero attached hydrogens (tertiary/aromatic N) is 7. The molecule has 61 heavy (non-hydrogen) atoms. The molecular weight excluding hydrogens is 871 g/mol. The van der Waals surface area contributed by atoms with Gasteiger partial charge in [0.1, 0.15) is 34.3 Å². The van der Waals surface area contributed by atoms with Crippen LogP contribution < -0.4 is 20.9 Å². The van der Waals surface area contributed by atoms with E-state index in [-0.39, 0.29) is 24.4 Å². The molecule has 2 aromatic carbocycles. The molecule has 2 aliphatic heterocycles. The van der Waals surface area contributed by atoms with Gasteiger partial charge in [-0.05, 0) is 107 Å². The van der Waals surface area contributed by atoms with Crippen molar-refractivity contribution < 1.29 is 12.3 Å². The molecule has 0 bridgehead atoms. The normalized spacial score (nSPS) is 14.1. The lowest BCUT2D eigenvalue weighted by Gasteiger charge is -2.28. The van der Waals surface area contributed by atoms with Crippen molar-refractivity contribution in [2.24, 2.45) is 0 Å². The van der Waals surface area contributed by atoms with Crippen LogP contribution in [0.2, 0.25) is 15.2 Å². The predicted molar refractivity (Wildman–Crippen MR) is 251 cm³/mol. The molecule has 0 amide bonds. The monoisotopic (exact) mass is 920 g/mol. The molecule has 2 aliphatic rings. The Morgan fingerprint density at radius 3 is 1.64 bits per heavy atom. The smallest absolute Gasteiger partial charge is 0.188 e. The van der Waals surface area contributed by atoms with E-state index in [0.29, 0.717) is 70.6 Å². The van der Waals surface area contributed by atoms with E-state index in [9.17, 15) is 9.59 Å². The maximum Gasteiger partial charge on any atom is 0.188 e. The number of Topliss-reactive ketones (excluding diaryl/α,β-unsaturated/α-hetero) is 2. The van der Waals surface area contributed by atoms with Gasteiger partial charge in [0.15, 0.2) is 21.8 Å². The van der Waals surface area contributed by atoms with E-state index in [2.05, 4.69) is 50.8 Å². The summed E-state index contributed by atoms with van der Waals surface area (Å²) >= 11 is 20.9. The summed E-state index contributed by atoms with van der Waals surface area (Å²) in [6.45, 7) is 11.8. The first kappa shape index (κ1) is 43.1. The minimum Gasteiger partial charge on any atom is -0.356 e. The minimum atomic E-state index is -0.0878. The fraction of sp³-hybridized carbons (Fsp3) is 0.364. The van der Waals surface area contributed by atoms with Crippen LogP contribution in [0, 0.1) is 27.7 Å². The zero-order valence-corrected chi connectivity index (χ0v) is 38.4. The molecule has 17 heteroatoms. The number of piperidine rings is 2. The highest BCUT2D eigenvalue weighted by molar-refractivity contribution is 7.17. The minimum absolute atomic E-state index is 0.0545. The van der Waals surface area contributed by atoms with Crippen LogP contribution in [0.25, 0.3) is 0 Å². The van der Waals surface area contributed by atoms with Crippen molar-refractivity contribution in [1.29, 1.82) is 0 Å². The average Bonchev–Trinajstić information content (AvgIpc) is 3.91. The number of hydrogen-bond acceptors (Lipinski definition) is 14. The first-order valence-corrected chi connectivity index (χ1v) is 22.8. The summed E-state index contributed by atoms with van der Waals surface area (Å²) in [6, 6.07) is 10.7. The fourth-order valence-electron chi connectivity index (χ4n) is 6.59. The third-order valence-corrected chi connectivity index (χ3v) is 12.5. The van der Waals surface area contributed by atoms with Crippen molar-refractivity contribution >= 4 is 96.8 Å². The van der Waals surface area contributed by atoms with Gasteiger partial charge in [-0.2, -0.15) is 0 Å². The molecule has 0 atom stereocenters. The van der Waals surface area contributed by atoms with Gasteiger partial charge in [-0.3, -0.25) is 9.59 Å². The first-order valence-electron chi connectivity index (χ1n) is 21.1. The number of aromatic nitrogens is 6. The Balaban J connectivity index is 0.000000187. The van der Waals surface area contributed by atoms with Crippen molar-refractivity contribution in [2.45, 2.75) is 79.1 Å². The molecule has 0 aliphatic carbocycles. The highest BCUT2D eigenvalue weighted by atomic mass is 35.5. The summed E-state index contributed by atoms with van der Waals surface area (Å²) in [4.78, 5) is 54.5. The van der Waals surface area contributed by atoms with Gasteiger partial charge in [0.05, 0.1) is 24.9 Å². The summed E-state index contributed by atoms with van der Waals surface area (Å²) in [5, 5.41) is 11.9. The van der Waals surface area contributed by atoms with Gasteiger partial charge in [0.25, 0.3) is 0 Å². The summed E-state index contributed by atoms with van der Waals surface area (Å²) in [6.07, 6.45) is 11.3. The molecule has 4 aromatic heterocycles. The molecule has 0 spiro atoms. The van der Waals surface area contributed by atoms with E-state index in [4.69, 9.17) is 37.5 Å². The molecule has 2 saturated heterocycles. The lowest BCUT2D eigenvalue weighted by molar-refractivity contribution is 0.0988. The summed E-state index contributed by atoms with van der Waals surface area (Å²) in [5.41, 5.74) is 3.15. The number of ketones is 2. The molecule has 3 N–H and O–H groups in total. The highest BCUT2D eigenvalue weighted by Gasteiger charge is 2.18. The van der Waals surface area contributed by atoms with Crippen LogP contribution in [-0.4, -0.2) is 67.6 Å². The zero-order chi connectivity index (χ0) is 45.0. The molecular formula is C44H49Cl3N10O2S2. The summed E-state index contributed by atoms with van der Waals surface area (Å²) in [5.74, 6) is 3.20. The third-order valence-electron chi connectivity index (χ3n) is 9.77. The quantitative estimate of drug-likeness (QED) is 0.0838. The van der Waals surface area contributed by atoms with E-state index in [0.717, 1.165) is 41.2 Å². The molecule has 6 heterocycles. The molecule has 0 unspecified atom stereocenters. The number of benzene rings is 2. The SMILES string of the molecule is C1CCNCC1.[2H]c1cc(C)c(CC(=O)c2cnc(Nc3cc(Cl)nc(C)n3)s2)c(Cl)c1.[2H]c1cc(C)c(CC(=O)c2cnc(Nc3cc(N4CCCCC4)nc(C)n3)s2)c(Cl)c1. The van der Waals surface area contributed by atoms with Gasteiger partial charge in [-0.25, -0.2) is 29.9 Å². The molecule has 0 saturated carbocycles. The zero-order valence-electron chi connectivity index (χ0n) is 36.5. The van der Waals surface area contributed by atoms with Gasteiger partial charge >= 0.3 is 0 Å². The maximum absolute atomic E-state index is 12.8. The van der Waals surface area contributed by atoms with E-state index >= 15 is 0 Å². The fourth-order valence-corrected chi connectivity index (χ4v) is 8.89. The Kier molecular flexibility index (Phi) is 15.9. The molecule has 12 nitrogen and oxygen atoms in total. The largest absolute Gasteiger partial charge is 0.356 e. The second-order valence-corrected chi connectivity index (χ2v) is 17.8. The second kappa shape index (κ2) is 22.5. The first-order chi connectivity index (χ1) is 30.2. The molecule has 6 aromatic rings. The van der Waals surface area contributed by atoms with Crippen LogP contribution in [-0.2, 0) is 12.8 Å². The van der Waals surface area contributed by atoms with Crippen molar-refractivity contribution in [2.75, 3.05) is 41.7 Å². The van der Waals surface area contributed by atoms with Crippen molar-refractivity contribution in [3.63, 3.8) is 0 Å². The van der Waals surface area contributed by atoms with Gasteiger partial charge in [-0.1, -0.05) is 88.1 Å². The van der Waals surface area contributed by atoms with Crippen LogP contribution in [0.15, 0.2) is 60.9 Å². The van der Waals surface area contributed by atoms with Gasteiger partial charge in [-0.15, -0.1) is 0 Å². The Labute approximate surface area is 382 Å². The Morgan fingerprint density at radius 1 is 0.689 bits per heavy atom. The number of anilines is 5. The number of rotatable bonds is 11. The van der Waals surface area contributed by atoms with E-state index < -0.39 is 0 Å². The van der Waals surface area contributed by atoms with Gasteiger partial charge in [0, 0.05) is 48.1 Å². The topological polar surface area (TPSA) is 151 Å². The number of carbonyl (C=O) groups is 2. The van der Waals surface area contributed by atoms with Crippen LogP contribution in [0.1, 0.15) is 94.5 Å². The van der Waals surface area contributed by atoms with E-state index in [1.807, 2.05) is 26.8 Å². The van der Waals surface area contributed by atoms with Crippen LogP contribution in [0.5, 0.6) is 0 Å². The Morgan fingerprint density at radius 2 is 1.18 bits per heavy atom. The predicted octanol–water partition coefficient (Wildman–Crippen LogP) is 11.1. The Bertz CT molecular complexity index is 2470. The molecule has 8 rings (SSSR count). The van der Waals surface area contributed by atoms with Gasteiger partial charge in [0.2, 0.25) is 0 Å². The van der Waals surface area contributed by atoms with Crippen molar-refractivity contribution in [1.82, 2.24) is 35.2 Å². The molecule has 320 valence electrons. The van der Waals surface area contributed by atoms with E-state index in [1.54, 1.807) is 37.4 Å². The molecule has 0 radical (unpaired) electrons. The average molecular weight is 922 g/mol. The molecule has 2 fully saturated rings. The standard InChI is InChI=1S/C22H24ClN5OS.C17H14Cl2N4OS.C5H11N/c1-14-7-6-8-17(23)16(14)11-18(29)19-13-24-22(30-19)27-20-12-21(26-15(2)25-20)28-9-4-3-5-10-28;1-9-4-3-5-12(18)11(9)6-13(24)14-8-20-17(25-14)23-16-7-15(19)21-10(2)22-16;1-2-4-6-5-3-1/h6-8,12-13H,3-5,9-11H2,1-2H3,(H,24,25,26,27);3-5,7-8H,6H2,1-2H3,(H,20,21,22,23);6H,1-5H2/i6D;3D;. The number of carbonyl (C=O) groups excluding carboxylic acids is 2. The summed E-state index contributed by atoms with van der Waals surface area (Å²) < 4.78 is 15.4. The van der Waals surface area contributed by atoms with Crippen molar-refractivity contribution in [3.8, 4) is 0 Å². The Hall–Kier alpha value is -4.57. The maximum atomic E-state index is 12.8. The van der Waals surface area contributed by atoms with Crippen molar-refractivity contribution in [3.05, 3.63) is 120 Å². The van der Waals surface area contributed by atoms with E-state index in [1.165, 1.54) is 86.6 Å². The van der Waals surface area contributed by atoms with Crippen LogP contribution in [0.3, 0.4) is 0 Å².